The average Bonchev–Trinajstić information content (AvgIpc) is 2.19. The van der Waals surface area contributed by atoms with Crippen molar-refractivity contribution in [3.63, 3.8) is 0 Å². The highest BCUT2D eigenvalue weighted by atomic mass is 19.4. The van der Waals surface area contributed by atoms with E-state index in [-0.39, 0.29) is 6.61 Å². The first-order valence-corrected chi connectivity index (χ1v) is 4.75. The lowest BCUT2D eigenvalue weighted by Crippen LogP contribution is -2.15. The number of carbonyl (C=O) groups excluding carboxylic acids is 1. The fourth-order valence-electron chi connectivity index (χ4n) is 1.22. The van der Waals surface area contributed by atoms with Crippen molar-refractivity contribution in [1.82, 2.24) is 4.98 Å². The molecule has 0 radical (unpaired) electrons. The van der Waals surface area contributed by atoms with Crippen LogP contribution in [-0.2, 0) is 22.1 Å². The van der Waals surface area contributed by atoms with E-state index in [1.807, 2.05) is 0 Å². The molecule has 0 spiro atoms. The number of hydrogen-bond donors (Lipinski definition) is 1. The summed E-state index contributed by atoms with van der Waals surface area (Å²) in [6.07, 6.45) is -4.40. The summed E-state index contributed by atoms with van der Waals surface area (Å²) in [5.74, 6) is -1.40. The molecule has 0 atom stereocenters. The first-order chi connectivity index (χ1) is 7.84. The standard InChI is InChI=1S/C10H10F3NO3/c1-2-17-9(16)4-8-7(10(11,12)13)3-6(15)5-14-8/h3,5,15H,2,4H2,1H3. The van der Waals surface area contributed by atoms with Crippen LogP contribution in [0.15, 0.2) is 12.3 Å². The second-order valence-electron chi connectivity index (χ2n) is 3.17. The van der Waals surface area contributed by atoms with Crippen LogP contribution in [0.3, 0.4) is 0 Å². The number of nitrogens with zero attached hydrogens (tertiary/aromatic N) is 1. The van der Waals surface area contributed by atoms with Crippen molar-refractivity contribution in [2.24, 2.45) is 0 Å². The average molecular weight is 249 g/mol. The fourth-order valence-corrected chi connectivity index (χ4v) is 1.22. The molecule has 0 saturated heterocycles. The number of rotatable bonds is 3. The Hall–Kier alpha value is -1.79. The third kappa shape index (κ3) is 3.61. The second-order valence-corrected chi connectivity index (χ2v) is 3.17. The van der Waals surface area contributed by atoms with E-state index < -0.39 is 35.6 Å². The van der Waals surface area contributed by atoms with Gasteiger partial charge in [0.15, 0.2) is 0 Å². The zero-order valence-corrected chi connectivity index (χ0v) is 8.91. The van der Waals surface area contributed by atoms with Gasteiger partial charge in [0, 0.05) is 0 Å². The molecule has 0 bridgehead atoms. The minimum Gasteiger partial charge on any atom is -0.506 e. The van der Waals surface area contributed by atoms with Gasteiger partial charge in [-0.05, 0) is 13.0 Å². The summed E-state index contributed by atoms with van der Waals surface area (Å²) in [7, 11) is 0. The molecule has 0 aliphatic rings. The molecule has 0 amide bonds. The lowest BCUT2D eigenvalue weighted by Gasteiger charge is -2.11. The number of hydrogen-bond acceptors (Lipinski definition) is 4. The molecular weight excluding hydrogens is 239 g/mol. The van der Waals surface area contributed by atoms with E-state index >= 15 is 0 Å². The number of aromatic hydroxyl groups is 1. The quantitative estimate of drug-likeness (QED) is 0.831. The van der Waals surface area contributed by atoms with E-state index in [0.29, 0.717) is 6.07 Å². The van der Waals surface area contributed by atoms with Gasteiger partial charge in [0.2, 0.25) is 0 Å². The lowest BCUT2D eigenvalue weighted by molar-refractivity contribution is -0.143. The molecule has 0 aliphatic carbocycles. The largest absolute Gasteiger partial charge is 0.506 e. The van der Waals surface area contributed by atoms with Crippen LogP contribution >= 0.6 is 0 Å². The molecule has 0 fully saturated rings. The molecular formula is C10H10F3NO3. The minimum absolute atomic E-state index is 0.0816. The van der Waals surface area contributed by atoms with Crippen molar-refractivity contribution in [2.45, 2.75) is 19.5 Å². The maximum atomic E-state index is 12.6. The predicted molar refractivity (Wildman–Crippen MR) is 51.2 cm³/mol. The maximum Gasteiger partial charge on any atom is 0.418 e. The number of alkyl halides is 3. The van der Waals surface area contributed by atoms with Gasteiger partial charge in [-0.3, -0.25) is 9.78 Å². The van der Waals surface area contributed by atoms with E-state index in [9.17, 15) is 18.0 Å². The van der Waals surface area contributed by atoms with E-state index in [1.54, 1.807) is 6.92 Å². The van der Waals surface area contributed by atoms with Crippen LogP contribution in [-0.4, -0.2) is 22.7 Å². The van der Waals surface area contributed by atoms with Gasteiger partial charge in [-0.15, -0.1) is 0 Å². The number of esters is 1. The van der Waals surface area contributed by atoms with Crippen molar-refractivity contribution in [1.29, 1.82) is 0 Å². The highest BCUT2D eigenvalue weighted by Crippen LogP contribution is 2.33. The molecule has 0 aliphatic heterocycles. The highest BCUT2D eigenvalue weighted by molar-refractivity contribution is 5.72. The van der Waals surface area contributed by atoms with Crippen molar-refractivity contribution in [2.75, 3.05) is 6.61 Å². The zero-order valence-electron chi connectivity index (χ0n) is 8.91. The summed E-state index contributed by atoms with van der Waals surface area (Å²) < 4.78 is 42.2. The van der Waals surface area contributed by atoms with Gasteiger partial charge in [-0.25, -0.2) is 0 Å². The summed E-state index contributed by atoms with van der Waals surface area (Å²) >= 11 is 0. The molecule has 4 nitrogen and oxygen atoms in total. The summed E-state index contributed by atoms with van der Waals surface area (Å²) in [5.41, 5.74) is -1.60. The van der Waals surface area contributed by atoms with Crippen LogP contribution in [0.2, 0.25) is 0 Å². The molecule has 1 aromatic heterocycles. The van der Waals surface area contributed by atoms with Crippen molar-refractivity contribution >= 4 is 5.97 Å². The van der Waals surface area contributed by atoms with Gasteiger partial charge in [-0.1, -0.05) is 0 Å². The van der Waals surface area contributed by atoms with Crippen LogP contribution in [0.5, 0.6) is 5.75 Å². The van der Waals surface area contributed by atoms with E-state index in [2.05, 4.69) is 9.72 Å². The van der Waals surface area contributed by atoms with Crippen molar-refractivity contribution < 1.29 is 27.8 Å². The maximum absolute atomic E-state index is 12.6. The molecule has 1 aromatic rings. The third-order valence-corrected chi connectivity index (χ3v) is 1.88. The molecule has 0 unspecified atom stereocenters. The molecule has 1 rings (SSSR count). The topological polar surface area (TPSA) is 59.4 Å². The van der Waals surface area contributed by atoms with Crippen LogP contribution in [0.1, 0.15) is 18.2 Å². The Kier molecular flexibility index (Phi) is 3.93. The Bertz CT molecular complexity index is 418. The Morgan fingerprint density at radius 2 is 2.18 bits per heavy atom. The number of halogens is 3. The van der Waals surface area contributed by atoms with Gasteiger partial charge in [-0.2, -0.15) is 13.2 Å². The Morgan fingerprint density at radius 1 is 1.53 bits per heavy atom. The van der Waals surface area contributed by atoms with Gasteiger partial charge >= 0.3 is 12.1 Å². The lowest BCUT2D eigenvalue weighted by atomic mass is 10.1. The van der Waals surface area contributed by atoms with E-state index in [1.165, 1.54) is 0 Å². The third-order valence-electron chi connectivity index (χ3n) is 1.88. The SMILES string of the molecule is CCOC(=O)Cc1ncc(O)cc1C(F)(F)F. The Balaban J connectivity index is 3.03. The molecule has 1 N–H and O–H groups in total. The molecule has 0 aromatic carbocycles. The normalized spacial score (nSPS) is 11.3. The zero-order chi connectivity index (χ0) is 13.1. The molecule has 94 valence electrons. The summed E-state index contributed by atoms with van der Waals surface area (Å²) in [5, 5.41) is 8.96. The number of pyridine rings is 1. The first kappa shape index (κ1) is 13.3. The summed E-state index contributed by atoms with van der Waals surface area (Å²) in [4.78, 5) is 14.5. The molecule has 1 heterocycles. The number of carbonyl (C=O) groups is 1. The fraction of sp³-hybridized carbons (Fsp3) is 0.400. The molecule has 17 heavy (non-hydrogen) atoms. The smallest absolute Gasteiger partial charge is 0.418 e. The highest BCUT2D eigenvalue weighted by Gasteiger charge is 2.35. The summed E-state index contributed by atoms with van der Waals surface area (Å²) in [6, 6.07) is 0.529. The van der Waals surface area contributed by atoms with Crippen molar-refractivity contribution in [3.05, 3.63) is 23.5 Å². The van der Waals surface area contributed by atoms with Crippen LogP contribution < -0.4 is 0 Å². The predicted octanol–water partition coefficient (Wildman–Crippen LogP) is 1.91. The number of ether oxygens (including phenoxy) is 1. The van der Waals surface area contributed by atoms with E-state index in [0.717, 1.165) is 6.20 Å². The van der Waals surface area contributed by atoms with E-state index in [4.69, 9.17) is 5.11 Å². The second kappa shape index (κ2) is 5.03. The van der Waals surface area contributed by atoms with Crippen LogP contribution in [0.25, 0.3) is 0 Å². The number of aromatic nitrogens is 1. The van der Waals surface area contributed by atoms with Gasteiger partial charge in [0.05, 0.1) is 30.5 Å². The monoisotopic (exact) mass is 249 g/mol. The summed E-state index contributed by atoms with van der Waals surface area (Å²) in [6.45, 7) is 1.63. The Morgan fingerprint density at radius 3 is 2.71 bits per heavy atom. The van der Waals surface area contributed by atoms with Crippen molar-refractivity contribution in [3.8, 4) is 5.75 Å². The molecule has 7 heteroatoms. The minimum atomic E-state index is -4.67. The Labute approximate surface area is 95.0 Å². The van der Waals surface area contributed by atoms with Gasteiger partial charge < -0.3 is 9.84 Å². The van der Waals surface area contributed by atoms with Crippen LogP contribution in [0.4, 0.5) is 13.2 Å². The molecule has 0 saturated carbocycles. The first-order valence-electron chi connectivity index (χ1n) is 4.75. The van der Waals surface area contributed by atoms with Gasteiger partial charge in [0.1, 0.15) is 5.75 Å². The van der Waals surface area contributed by atoms with Crippen LogP contribution in [0, 0.1) is 0 Å². The van der Waals surface area contributed by atoms with Gasteiger partial charge in [0.25, 0.3) is 0 Å².